The highest BCUT2D eigenvalue weighted by molar-refractivity contribution is 7.91. The topological polar surface area (TPSA) is 63.6 Å². The molecule has 0 aliphatic carbocycles. The van der Waals surface area contributed by atoms with Crippen LogP contribution in [-0.4, -0.2) is 32.5 Å². The Bertz CT molecular complexity index is 994. The average Bonchev–Trinajstić information content (AvgIpc) is 2.82. The minimum Gasteiger partial charge on any atom is -0.497 e. The van der Waals surface area contributed by atoms with Crippen LogP contribution in [0.2, 0.25) is 0 Å². The molecule has 0 radical (unpaired) electrons. The van der Waals surface area contributed by atoms with E-state index in [0.717, 1.165) is 31.2 Å². The maximum atomic E-state index is 14.3. The van der Waals surface area contributed by atoms with Crippen LogP contribution in [0.3, 0.4) is 0 Å². The van der Waals surface area contributed by atoms with Gasteiger partial charge in [0, 0.05) is 11.3 Å². The summed E-state index contributed by atoms with van der Waals surface area (Å²) in [5, 5.41) is 11.9. The zero-order valence-electron chi connectivity index (χ0n) is 18.6. The largest absolute Gasteiger partial charge is 0.497 e. The molecule has 170 valence electrons. The molecule has 0 saturated carbocycles. The van der Waals surface area contributed by atoms with E-state index in [1.54, 1.807) is 13.2 Å². The monoisotopic (exact) mass is 448 g/mol. The standard InChI is InChI=1S/C25H33FO4S/c1-4-6-13-25(14-7-5-2)17-31(28,29)22-12-11-19(26)16-21(22)23(24(25)27)18-9-8-10-20(15-18)30-3/h8-12,15-16,23-24,27H,4-7,13-14,17H2,1-3H3/t23-,24?/m1/s1. The van der Waals surface area contributed by atoms with Gasteiger partial charge in [0.05, 0.1) is 23.9 Å². The van der Waals surface area contributed by atoms with E-state index in [-0.39, 0.29) is 10.6 Å². The van der Waals surface area contributed by atoms with Gasteiger partial charge in [0.1, 0.15) is 11.6 Å². The van der Waals surface area contributed by atoms with E-state index in [0.29, 0.717) is 24.2 Å². The molecule has 1 heterocycles. The number of hydrogen-bond acceptors (Lipinski definition) is 4. The Balaban J connectivity index is 2.28. The van der Waals surface area contributed by atoms with Crippen LogP contribution in [0, 0.1) is 11.2 Å². The van der Waals surface area contributed by atoms with Crippen molar-refractivity contribution in [1.82, 2.24) is 0 Å². The van der Waals surface area contributed by atoms with Gasteiger partial charge < -0.3 is 9.84 Å². The lowest BCUT2D eigenvalue weighted by molar-refractivity contribution is 0.0126. The highest BCUT2D eigenvalue weighted by Crippen LogP contribution is 2.49. The number of rotatable bonds is 8. The van der Waals surface area contributed by atoms with Gasteiger partial charge in [0.2, 0.25) is 0 Å². The summed E-state index contributed by atoms with van der Waals surface area (Å²) in [4.78, 5) is 0.121. The maximum Gasteiger partial charge on any atom is 0.179 e. The van der Waals surface area contributed by atoms with Crippen molar-refractivity contribution in [3.05, 3.63) is 59.4 Å². The third-order valence-corrected chi connectivity index (χ3v) is 8.57. The van der Waals surface area contributed by atoms with E-state index >= 15 is 0 Å². The molecule has 0 fully saturated rings. The van der Waals surface area contributed by atoms with Gasteiger partial charge in [-0.25, -0.2) is 12.8 Å². The van der Waals surface area contributed by atoms with Crippen LogP contribution in [0.1, 0.15) is 69.4 Å². The lowest BCUT2D eigenvalue weighted by Gasteiger charge is -2.40. The van der Waals surface area contributed by atoms with Crippen LogP contribution in [0.5, 0.6) is 5.75 Å². The van der Waals surface area contributed by atoms with Gasteiger partial charge in [-0.05, 0) is 54.3 Å². The average molecular weight is 449 g/mol. The summed E-state index contributed by atoms with van der Waals surface area (Å²) in [6.07, 6.45) is 3.73. The molecular weight excluding hydrogens is 415 g/mol. The summed E-state index contributed by atoms with van der Waals surface area (Å²) in [7, 11) is -2.15. The molecule has 2 aromatic carbocycles. The molecule has 1 aliphatic rings. The fourth-order valence-corrected chi connectivity index (χ4v) is 7.12. The summed E-state index contributed by atoms with van der Waals surface area (Å²) in [5.41, 5.74) is 0.262. The number of aliphatic hydroxyl groups excluding tert-OH is 1. The Morgan fingerprint density at radius 3 is 2.39 bits per heavy atom. The van der Waals surface area contributed by atoms with E-state index in [2.05, 4.69) is 13.8 Å². The second kappa shape index (κ2) is 9.70. The first-order valence-corrected chi connectivity index (χ1v) is 12.8. The highest BCUT2D eigenvalue weighted by atomic mass is 32.2. The minimum absolute atomic E-state index is 0.121. The molecule has 31 heavy (non-hydrogen) atoms. The zero-order valence-corrected chi connectivity index (χ0v) is 19.4. The predicted molar refractivity (Wildman–Crippen MR) is 121 cm³/mol. The smallest absolute Gasteiger partial charge is 0.179 e. The van der Waals surface area contributed by atoms with Crippen LogP contribution in [0.4, 0.5) is 4.39 Å². The molecule has 0 amide bonds. The highest BCUT2D eigenvalue weighted by Gasteiger charge is 2.49. The van der Waals surface area contributed by atoms with Crippen LogP contribution in [-0.2, 0) is 9.84 Å². The molecule has 0 aromatic heterocycles. The first-order valence-electron chi connectivity index (χ1n) is 11.1. The molecule has 3 rings (SSSR count). The van der Waals surface area contributed by atoms with Gasteiger partial charge in [0.25, 0.3) is 0 Å². The Morgan fingerprint density at radius 2 is 1.77 bits per heavy atom. The first kappa shape index (κ1) is 23.7. The third-order valence-electron chi connectivity index (χ3n) is 6.57. The number of hydrogen-bond donors (Lipinski definition) is 1. The fourth-order valence-electron chi connectivity index (χ4n) is 4.93. The van der Waals surface area contributed by atoms with Crippen molar-refractivity contribution in [1.29, 1.82) is 0 Å². The lowest BCUT2D eigenvalue weighted by atomic mass is 9.68. The minimum atomic E-state index is -3.71. The van der Waals surface area contributed by atoms with Crippen LogP contribution in [0.25, 0.3) is 0 Å². The van der Waals surface area contributed by atoms with Crippen molar-refractivity contribution < 1.29 is 22.7 Å². The molecular formula is C25H33FO4S. The Hall–Kier alpha value is -1.92. The number of halogens is 1. The van der Waals surface area contributed by atoms with E-state index in [4.69, 9.17) is 4.74 Å². The number of fused-ring (bicyclic) bond motifs is 1. The van der Waals surface area contributed by atoms with Crippen molar-refractivity contribution in [3.8, 4) is 5.75 Å². The summed E-state index contributed by atoms with van der Waals surface area (Å²) in [5.74, 6) is -0.682. The number of aliphatic hydroxyl groups is 1. The van der Waals surface area contributed by atoms with Crippen molar-refractivity contribution in [2.45, 2.75) is 69.3 Å². The summed E-state index contributed by atoms with van der Waals surface area (Å²) in [6.45, 7) is 4.13. The third kappa shape index (κ3) is 4.80. The van der Waals surface area contributed by atoms with Crippen molar-refractivity contribution in [2.75, 3.05) is 12.9 Å². The molecule has 2 aromatic rings. The van der Waals surface area contributed by atoms with E-state index in [1.807, 2.05) is 18.2 Å². The zero-order chi connectivity index (χ0) is 22.6. The Kier molecular flexibility index (Phi) is 7.43. The van der Waals surface area contributed by atoms with E-state index in [9.17, 15) is 17.9 Å². The number of methoxy groups -OCH3 is 1. The Morgan fingerprint density at radius 1 is 1.10 bits per heavy atom. The summed E-state index contributed by atoms with van der Waals surface area (Å²) in [6, 6.07) is 11.1. The lowest BCUT2D eigenvalue weighted by Crippen LogP contribution is -2.43. The normalized spacial score (nSPS) is 21.8. The number of benzene rings is 2. The van der Waals surface area contributed by atoms with Crippen LogP contribution in [0.15, 0.2) is 47.4 Å². The summed E-state index contributed by atoms with van der Waals surface area (Å²) >= 11 is 0. The molecule has 0 bridgehead atoms. The molecule has 2 atom stereocenters. The number of sulfone groups is 1. The second-order valence-corrected chi connectivity index (χ2v) is 10.7. The van der Waals surface area contributed by atoms with Gasteiger partial charge in [-0.3, -0.25) is 0 Å². The first-order chi connectivity index (χ1) is 14.8. The number of unbranched alkanes of at least 4 members (excludes halogenated alkanes) is 2. The van der Waals surface area contributed by atoms with Gasteiger partial charge in [-0.2, -0.15) is 0 Å². The Labute approximate surface area is 185 Å². The maximum absolute atomic E-state index is 14.3. The van der Waals surface area contributed by atoms with Crippen molar-refractivity contribution in [3.63, 3.8) is 0 Å². The van der Waals surface area contributed by atoms with Crippen molar-refractivity contribution in [2.24, 2.45) is 5.41 Å². The SMILES string of the molecule is CCCCC1(CCCC)CS(=O)(=O)c2ccc(F)cc2[C@@H](c2cccc(OC)c2)C1O. The van der Waals surface area contributed by atoms with Crippen LogP contribution >= 0.6 is 0 Å². The molecule has 1 aliphatic heterocycles. The van der Waals surface area contributed by atoms with Gasteiger partial charge in [-0.15, -0.1) is 0 Å². The van der Waals surface area contributed by atoms with E-state index in [1.165, 1.54) is 18.2 Å². The quantitative estimate of drug-likeness (QED) is 0.543. The summed E-state index contributed by atoms with van der Waals surface area (Å²) < 4.78 is 46.8. The van der Waals surface area contributed by atoms with Gasteiger partial charge in [0.15, 0.2) is 9.84 Å². The van der Waals surface area contributed by atoms with Crippen molar-refractivity contribution >= 4 is 9.84 Å². The van der Waals surface area contributed by atoms with Gasteiger partial charge >= 0.3 is 0 Å². The molecule has 1 unspecified atom stereocenters. The molecule has 0 saturated heterocycles. The molecule has 0 spiro atoms. The predicted octanol–water partition coefficient (Wildman–Crippen LogP) is 5.48. The van der Waals surface area contributed by atoms with E-state index < -0.39 is 33.1 Å². The molecule has 6 heteroatoms. The molecule has 1 N–H and O–H groups in total. The molecule has 4 nitrogen and oxygen atoms in total. The second-order valence-electron chi connectivity index (χ2n) is 8.71. The van der Waals surface area contributed by atoms with Crippen LogP contribution < -0.4 is 4.74 Å². The number of ether oxygens (including phenoxy) is 1. The fraction of sp³-hybridized carbons (Fsp3) is 0.520. The van der Waals surface area contributed by atoms with Gasteiger partial charge in [-0.1, -0.05) is 51.7 Å².